The predicted octanol–water partition coefficient (Wildman–Crippen LogP) is 5.26. The van der Waals surface area contributed by atoms with Gasteiger partial charge in [0.05, 0.1) is 17.2 Å². The normalized spacial score (nSPS) is 22.4. The minimum Gasteiger partial charge on any atom is -0.354 e. The summed E-state index contributed by atoms with van der Waals surface area (Å²) in [4.78, 5) is 41.5. The fourth-order valence-corrected chi connectivity index (χ4v) is 5.50. The van der Waals surface area contributed by atoms with Gasteiger partial charge in [0.15, 0.2) is 0 Å². The summed E-state index contributed by atoms with van der Waals surface area (Å²) in [5.41, 5.74) is -3.14. The second kappa shape index (κ2) is 11.4. The SMILES string of the molecule is CC(=O)NC1CC(C(=O)N2C[C@@H](N(C)C(=O)N(C)c3cc(C(F)(F)F)cc(C(F)(F)F)c3)[C@H](c3ccc(F)cc3)C2)C1. The Kier molecular flexibility index (Phi) is 8.47. The fraction of sp³-hybridized carbons (Fsp3) is 0.464. The number of alkyl halides is 6. The van der Waals surface area contributed by atoms with Crippen LogP contribution in [0.15, 0.2) is 42.5 Å². The van der Waals surface area contributed by atoms with Crippen molar-refractivity contribution in [2.24, 2.45) is 5.92 Å². The van der Waals surface area contributed by atoms with E-state index < -0.39 is 53.0 Å². The predicted molar refractivity (Wildman–Crippen MR) is 138 cm³/mol. The molecule has 0 spiro atoms. The molecule has 0 bridgehead atoms. The summed E-state index contributed by atoms with van der Waals surface area (Å²) in [6, 6.07) is 4.59. The monoisotopic (exact) mass is 602 g/mol. The van der Waals surface area contributed by atoms with Gasteiger partial charge in [-0.15, -0.1) is 0 Å². The van der Waals surface area contributed by atoms with Crippen molar-refractivity contribution in [2.75, 3.05) is 32.1 Å². The maximum Gasteiger partial charge on any atom is 0.416 e. The minimum atomic E-state index is -5.09. The van der Waals surface area contributed by atoms with Gasteiger partial charge in [0.1, 0.15) is 5.82 Å². The number of urea groups is 1. The zero-order valence-electron chi connectivity index (χ0n) is 22.9. The second-order valence-electron chi connectivity index (χ2n) is 10.8. The van der Waals surface area contributed by atoms with Crippen LogP contribution in [0.1, 0.15) is 42.4 Å². The number of rotatable bonds is 5. The molecule has 1 saturated carbocycles. The number of hydrogen-bond donors (Lipinski definition) is 1. The van der Waals surface area contributed by atoms with Gasteiger partial charge in [0.25, 0.3) is 0 Å². The quantitative estimate of drug-likeness (QED) is 0.475. The highest BCUT2D eigenvalue weighted by atomic mass is 19.4. The van der Waals surface area contributed by atoms with Crippen LogP contribution >= 0.6 is 0 Å². The maximum atomic E-state index is 13.6. The van der Waals surface area contributed by atoms with E-state index in [0.29, 0.717) is 35.4 Å². The topological polar surface area (TPSA) is 73.0 Å². The van der Waals surface area contributed by atoms with Crippen LogP contribution in [0.3, 0.4) is 0 Å². The van der Waals surface area contributed by atoms with E-state index in [2.05, 4.69) is 5.32 Å². The molecule has 1 N–H and O–H groups in total. The lowest BCUT2D eigenvalue weighted by Gasteiger charge is -2.37. The molecule has 2 atom stereocenters. The first-order chi connectivity index (χ1) is 19.5. The number of carbonyl (C=O) groups excluding carboxylic acids is 3. The number of benzene rings is 2. The van der Waals surface area contributed by atoms with Crippen molar-refractivity contribution in [1.29, 1.82) is 0 Å². The molecule has 0 radical (unpaired) electrons. The van der Waals surface area contributed by atoms with E-state index in [9.17, 15) is 45.1 Å². The average Bonchev–Trinajstić information content (AvgIpc) is 3.33. The highest BCUT2D eigenvalue weighted by Gasteiger charge is 2.45. The van der Waals surface area contributed by atoms with Gasteiger partial charge in [-0.05, 0) is 48.7 Å². The number of hydrogen-bond acceptors (Lipinski definition) is 3. The Morgan fingerprint density at radius 3 is 1.93 bits per heavy atom. The standard InChI is InChI=1S/C28H29F7N4O3/c1-15(40)36-21-8-17(9-21)25(41)39-13-23(16-4-6-20(29)7-5-16)24(14-39)38(3)26(42)37(2)22-11-18(27(30,31)32)10-19(12-22)28(33,34)35/h4-7,10-12,17,21,23-24H,8-9,13-14H2,1-3H3,(H,36,40)/t17?,21?,23-,24+/m0/s1. The molecule has 1 heterocycles. The summed E-state index contributed by atoms with van der Waals surface area (Å²) in [5.74, 6) is -1.79. The number of likely N-dealkylation sites (N-methyl/N-ethyl adjacent to an activating group) is 1. The Hall–Kier alpha value is -3.84. The third-order valence-electron chi connectivity index (χ3n) is 7.84. The van der Waals surface area contributed by atoms with Crippen molar-refractivity contribution in [3.8, 4) is 0 Å². The summed E-state index contributed by atoms with van der Waals surface area (Å²) in [6.07, 6.45) is -9.30. The zero-order chi connectivity index (χ0) is 31.1. The lowest BCUT2D eigenvalue weighted by molar-refractivity contribution is -0.143. The van der Waals surface area contributed by atoms with E-state index in [1.165, 1.54) is 43.1 Å². The van der Waals surface area contributed by atoms with Gasteiger partial charge in [-0.25, -0.2) is 9.18 Å². The summed E-state index contributed by atoms with van der Waals surface area (Å²) in [5, 5.41) is 2.75. The first-order valence-corrected chi connectivity index (χ1v) is 13.1. The average molecular weight is 603 g/mol. The molecule has 2 fully saturated rings. The third kappa shape index (κ3) is 6.62. The number of anilines is 1. The molecule has 0 aromatic heterocycles. The number of nitrogens with zero attached hydrogens (tertiary/aromatic N) is 3. The van der Waals surface area contributed by atoms with Gasteiger partial charge in [-0.1, -0.05) is 12.1 Å². The van der Waals surface area contributed by atoms with Gasteiger partial charge in [0, 0.05) is 57.7 Å². The van der Waals surface area contributed by atoms with Crippen molar-refractivity contribution >= 4 is 23.5 Å². The molecule has 1 aliphatic carbocycles. The largest absolute Gasteiger partial charge is 0.416 e. The molecular formula is C28H29F7N4O3. The molecule has 2 aromatic rings. The highest BCUT2D eigenvalue weighted by molar-refractivity contribution is 5.92. The van der Waals surface area contributed by atoms with E-state index in [1.807, 2.05) is 0 Å². The van der Waals surface area contributed by atoms with Crippen LogP contribution in [-0.4, -0.2) is 66.9 Å². The molecule has 4 amide bonds. The van der Waals surface area contributed by atoms with Crippen LogP contribution in [0, 0.1) is 11.7 Å². The Morgan fingerprint density at radius 1 is 0.881 bits per heavy atom. The molecule has 14 heteroatoms. The van der Waals surface area contributed by atoms with E-state index in [1.54, 1.807) is 4.90 Å². The van der Waals surface area contributed by atoms with Crippen molar-refractivity contribution in [1.82, 2.24) is 15.1 Å². The number of likely N-dealkylation sites (tertiary alicyclic amines) is 1. The van der Waals surface area contributed by atoms with Gasteiger partial charge in [-0.3, -0.25) is 14.5 Å². The van der Waals surface area contributed by atoms with Crippen LogP contribution in [-0.2, 0) is 21.9 Å². The molecule has 42 heavy (non-hydrogen) atoms. The summed E-state index contributed by atoms with van der Waals surface area (Å²) < 4.78 is 94.1. The summed E-state index contributed by atoms with van der Waals surface area (Å²) in [7, 11) is 2.41. The van der Waals surface area contributed by atoms with Gasteiger partial charge < -0.3 is 15.1 Å². The van der Waals surface area contributed by atoms with Crippen LogP contribution in [0.4, 0.5) is 41.2 Å². The third-order valence-corrected chi connectivity index (χ3v) is 7.84. The summed E-state index contributed by atoms with van der Waals surface area (Å²) >= 11 is 0. The van der Waals surface area contributed by atoms with Crippen LogP contribution in [0.2, 0.25) is 0 Å². The Bertz CT molecular complexity index is 1310. The van der Waals surface area contributed by atoms with Crippen molar-refractivity contribution in [2.45, 2.75) is 50.1 Å². The van der Waals surface area contributed by atoms with Crippen LogP contribution in [0.5, 0.6) is 0 Å². The lowest BCUT2D eigenvalue weighted by Crippen LogP contribution is -2.50. The van der Waals surface area contributed by atoms with E-state index in [-0.39, 0.29) is 42.9 Å². The van der Waals surface area contributed by atoms with Crippen molar-refractivity contribution in [3.63, 3.8) is 0 Å². The van der Waals surface area contributed by atoms with Crippen molar-refractivity contribution < 1.29 is 45.1 Å². The Labute approximate surface area is 237 Å². The molecule has 2 aliphatic rings. The van der Waals surface area contributed by atoms with Gasteiger partial charge in [0.2, 0.25) is 11.8 Å². The van der Waals surface area contributed by atoms with E-state index in [0.717, 1.165) is 7.05 Å². The first kappa shape index (κ1) is 31.1. The maximum absolute atomic E-state index is 13.6. The van der Waals surface area contributed by atoms with E-state index >= 15 is 0 Å². The molecular weight excluding hydrogens is 573 g/mol. The smallest absolute Gasteiger partial charge is 0.354 e. The molecule has 0 unspecified atom stereocenters. The number of carbonyl (C=O) groups is 3. The minimum absolute atomic E-state index is 0.0203. The lowest BCUT2D eigenvalue weighted by atomic mass is 9.79. The first-order valence-electron chi connectivity index (χ1n) is 13.1. The molecule has 1 saturated heterocycles. The van der Waals surface area contributed by atoms with Crippen LogP contribution < -0.4 is 10.2 Å². The highest BCUT2D eigenvalue weighted by Crippen LogP contribution is 2.39. The molecule has 4 rings (SSSR count). The molecule has 7 nitrogen and oxygen atoms in total. The number of nitrogens with one attached hydrogen (secondary N) is 1. The van der Waals surface area contributed by atoms with Gasteiger partial charge >= 0.3 is 18.4 Å². The van der Waals surface area contributed by atoms with Crippen molar-refractivity contribution in [3.05, 3.63) is 65.0 Å². The molecule has 228 valence electrons. The number of amides is 4. The van der Waals surface area contributed by atoms with Crippen LogP contribution in [0.25, 0.3) is 0 Å². The summed E-state index contributed by atoms with van der Waals surface area (Å²) in [6.45, 7) is 1.56. The van der Waals surface area contributed by atoms with Gasteiger partial charge in [-0.2, -0.15) is 26.3 Å². The molecule has 1 aliphatic heterocycles. The van der Waals surface area contributed by atoms with E-state index in [4.69, 9.17) is 0 Å². The fourth-order valence-electron chi connectivity index (χ4n) is 5.50. The zero-order valence-corrected chi connectivity index (χ0v) is 22.9. The Morgan fingerprint density at radius 2 is 1.43 bits per heavy atom. The number of halogens is 7. The Balaban J connectivity index is 1.59. The second-order valence-corrected chi connectivity index (χ2v) is 10.8. The molecule has 2 aromatic carbocycles.